The Morgan fingerprint density at radius 2 is 1.70 bits per heavy atom. The van der Waals surface area contributed by atoms with Crippen LogP contribution in [-0.4, -0.2) is 13.3 Å². The number of rotatable bonds is 3. The van der Waals surface area contributed by atoms with Crippen molar-refractivity contribution in [1.82, 2.24) is 0 Å². The minimum absolute atomic E-state index is 0.141. The van der Waals surface area contributed by atoms with Gasteiger partial charge >= 0.3 is 6.18 Å². The average molecular weight is 278 g/mol. The maximum Gasteiger partial charge on any atom is 0.417 e. The van der Waals surface area contributed by atoms with E-state index in [0.29, 0.717) is 11.3 Å². The standard InChI is InChI=1S/C16H13F3O/c1-20-14-9-5-6-12(10-14)11-15(16(17,18)19)13-7-3-2-4-8-13/h2-11H,1H3/b15-11+. The third-order valence-corrected chi connectivity index (χ3v) is 2.79. The average Bonchev–Trinajstić information content (AvgIpc) is 2.45. The van der Waals surface area contributed by atoms with Gasteiger partial charge in [-0.25, -0.2) is 0 Å². The zero-order valence-corrected chi connectivity index (χ0v) is 10.8. The molecule has 0 aromatic heterocycles. The maximum atomic E-state index is 13.2. The van der Waals surface area contributed by atoms with Gasteiger partial charge in [-0.15, -0.1) is 0 Å². The molecule has 4 heteroatoms. The van der Waals surface area contributed by atoms with Gasteiger partial charge in [-0.2, -0.15) is 13.2 Å². The Kier molecular flexibility index (Phi) is 4.13. The highest BCUT2D eigenvalue weighted by molar-refractivity contribution is 5.84. The minimum atomic E-state index is -4.41. The minimum Gasteiger partial charge on any atom is -0.497 e. The van der Waals surface area contributed by atoms with Crippen LogP contribution in [0.4, 0.5) is 13.2 Å². The molecule has 1 nitrogen and oxygen atoms in total. The Labute approximate surface area is 115 Å². The summed E-state index contributed by atoms with van der Waals surface area (Å²) in [5, 5.41) is 0. The molecule has 0 unspecified atom stereocenters. The van der Waals surface area contributed by atoms with Crippen LogP contribution in [-0.2, 0) is 0 Å². The number of benzene rings is 2. The first-order valence-electron chi connectivity index (χ1n) is 5.99. The van der Waals surface area contributed by atoms with E-state index in [1.807, 2.05) is 0 Å². The van der Waals surface area contributed by atoms with Crippen LogP contribution in [0, 0.1) is 0 Å². The Morgan fingerprint density at radius 1 is 1.00 bits per heavy atom. The maximum absolute atomic E-state index is 13.2. The second-order valence-electron chi connectivity index (χ2n) is 4.20. The largest absolute Gasteiger partial charge is 0.497 e. The zero-order chi connectivity index (χ0) is 14.6. The van der Waals surface area contributed by atoms with E-state index in [0.717, 1.165) is 6.08 Å². The van der Waals surface area contributed by atoms with Crippen LogP contribution in [0.25, 0.3) is 11.6 Å². The van der Waals surface area contributed by atoms with Crippen LogP contribution in [0.3, 0.4) is 0 Å². The zero-order valence-electron chi connectivity index (χ0n) is 10.8. The fourth-order valence-corrected chi connectivity index (χ4v) is 1.84. The second kappa shape index (κ2) is 5.82. The number of alkyl halides is 3. The molecule has 0 fully saturated rings. The summed E-state index contributed by atoms with van der Waals surface area (Å²) in [6.07, 6.45) is -3.29. The van der Waals surface area contributed by atoms with Crippen molar-refractivity contribution in [2.24, 2.45) is 0 Å². The number of allylic oxidation sites excluding steroid dienone is 1. The molecule has 0 spiro atoms. The fraction of sp³-hybridized carbons (Fsp3) is 0.125. The van der Waals surface area contributed by atoms with Gasteiger partial charge in [-0.3, -0.25) is 0 Å². The van der Waals surface area contributed by atoms with Gasteiger partial charge in [0.15, 0.2) is 0 Å². The van der Waals surface area contributed by atoms with Gasteiger partial charge in [0.2, 0.25) is 0 Å². The monoisotopic (exact) mass is 278 g/mol. The van der Waals surface area contributed by atoms with Gasteiger partial charge < -0.3 is 4.74 Å². The number of halogens is 3. The van der Waals surface area contributed by atoms with Gasteiger partial charge in [0.1, 0.15) is 5.75 Å². The molecule has 0 amide bonds. The molecule has 0 saturated carbocycles. The molecule has 0 aliphatic rings. The molecule has 2 rings (SSSR count). The predicted molar refractivity (Wildman–Crippen MR) is 73.4 cm³/mol. The van der Waals surface area contributed by atoms with E-state index in [-0.39, 0.29) is 5.56 Å². The molecule has 0 saturated heterocycles. The Hall–Kier alpha value is -2.23. The number of ether oxygens (including phenoxy) is 1. The van der Waals surface area contributed by atoms with Crippen LogP contribution in [0.15, 0.2) is 54.6 Å². The van der Waals surface area contributed by atoms with Crippen LogP contribution >= 0.6 is 0 Å². The normalized spacial score (nSPS) is 12.3. The Bertz CT molecular complexity index is 601. The highest BCUT2D eigenvalue weighted by Crippen LogP contribution is 2.35. The molecular formula is C16H13F3O. The molecule has 0 heterocycles. The first-order chi connectivity index (χ1) is 9.50. The van der Waals surface area contributed by atoms with Gasteiger partial charge in [-0.05, 0) is 29.3 Å². The van der Waals surface area contributed by atoms with E-state index in [4.69, 9.17) is 4.74 Å². The third-order valence-electron chi connectivity index (χ3n) is 2.79. The van der Waals surface area contributed by atoms with Gasteiger partial charge in [0, 0.05) is 0 Å². The van der Waals surface area contributed by atoms with Crippen LogP contribution in [0.1, 0.15) is 11.1 Å². The molecule has 0 radical (unpaired) electrons. The van der Waals surface area contributed by atoms with Crippen molar-refractivity contribution in [2.45, 2.75) is 6.18 Å². The number of methoxy groups -OCH3 is 1. The van der Waals surface area contributed by atoms with Crippen molar-refractivity contribution in [3.63, 3.8) is 0 Å². The molecular weight excluding hydrogens is 265 g/mol. The second-order valence-corrected chi connectivity index (χ2v) is 4.20. The van der Waals surface area contributed by atoms with Crippen LogP contribution in [0.2, 0.25) is 0 Å². The first-order valence-corrected chi connectivity index (χ1v) is 5.99. The fourth-order valence-electron chi connectivity index (χ4n) is 1.84. The van der Waals surface area contributed by atoms with E-state index < -0.39 is 11.7 Å². The highest BCUT2D eigenvalue weighted by Gasteiger charge is 2.34. The lowest BCUT2D eigenvalue weighted by Gasteiger charge is -2.12. The number of hydrogen-bond donors (Lipinski definition) is 0. The van der Waals surface area contributed by atoms with E-state index in [1.165, 1.54) is 19.2 Å². The van der Waals surface area contributed by atoms with E-state index in [2.05, 4.69) is 0 Å². The van der Waals surface area contributed by atoms with Crippen LogP contribution in [0.5, 0.6) is 5.75 Å². The van der Waals surface area contributed by atoms with Crippen molar-refractivity contribution in [3.8, 4) is 5.75 Å². The molecule has 0 N–H and O–H groups in total. The predicted octanol–water partition coefficient (Wildman–Crippen LogP) is 4.80. The number of hydrogen-bond acceptors (Lipinski definition) is 1. The molecule has 0 aliphatic heterocycles. The van der Waals surface area contributed by atoms with Crippen molar-refractivity contribution in [3.05, 3.63) is 65.7 Å². The molecule has 0 aliphatic carbocycles. The van der Waals surface area contributed by atoms with Crippen molar-refractivity contribution in [2.75, 3.05) is 7.11 Å². The highest BCUT2D eigenvalue weighted by atomic mass is 19.4. The molecule has 2 aromatic carbocycles. The lowest BCUT2D eigenvalue weighted by atomic mass is 10.0. The summed E-state index contributed by atoms with van der Waals surface area (Å²) in [6, 6.07) is 14.3. The molecule has 0 atom stereocenters. The van der Waals surface area contributed by atoms with Crippen molar-refractivity contribution in [1.29, 1.82) is 0 Å². The van der Waals surface area contributed by atoms with Crippen molar-refractivity contribution < 1.29 is 17.9 Å². The molecule has 104 valence electrons. The summed E-state index contributed by atoms with van der Waals surface area (Å²) in [4.78, 5) is 0. The summed E-state index contributed by atoms with van der Waals surface area (Å²) < 4.78 is 44.5. The Balaban J connectivity index is 2.49. The van der Waals surface area contributed by atoms with Gasteiger partial charge in [-0.1, -0.05) is 42.5 Å². The lowest BCUT2D eigenvalue weighted by molar-refractivity contribution is -0.0683. The van der Waals surface area contributed by atoms with E-state index in [9.17, 15) is 13.2 Å². The smallest absolute Gasteiger partial charge is 0.417 e. The van der Waals surface area contributed by atoms with Crippen LogP contribution < -0.4 is 4.74 Å². The summed E-state index contributed by atoms with van der Waals surface area (Å²) in [7, 11) is 1.48. The summed E-state index contributed by atoms with van der Waals surface area (Å²) >= 11 is 0. The Morgan fingerprint density at radius 3 is 2.30 bits per heavy atom. The summed E-state index contributed by atoms with van der Waals surface area (Å²) in [5.41, 5.74) is -0.0882. The SMILES string of the molecule is COc1cccc(/C=C(\c2ccccc2)C(F)(F)F)c1. The first kappa shape index (κ1) is 14.2. The quantitative estimate of drug-likeness (QED) is 0.733. The van der Waals surface area contributed by atoms with Gasteiger partial charge in [0.05, 0.1) is 12.7 Å². The van der Waals surface area contributed by atoms with Crippen molar-refractivity contribution >= 4 is 11.6 Å². The molecule has 2 aromatic rings. The van der Waals surface area contributed by atoms with E-state index >= 15 is 0 Å². The molecule has 20 heavy (non-hydrogen) atoms. The van der Waals surface area contributed by atoms with E-state index in [1.54, 1.807) is 42.5 Å². The van der Waals surface area contributed by atoms with Gasteiger partial charge in [0.25, 0.3) is 0 Å². The summed E-state index contributed by atoms with van der Waals surface area (Å²) in [6.45, 7) is 0. The topological polar surface area (TPSA) is 9.23 Å². The summed E-state index contributed by atoms with van der Waals surface area (Å²) in [5.74, 6) is 0.522. The molecule has 0 bridgehead atoms. The third kappa shape index (κ3) is 3.41. The lowest BCUT2D eigenvalue weighted by Crippen LogP contribution is -2.10.